The molecule has 0 unspecified atom stereocenters. The van der Waals surface area contributed by atoms with E-state index in [0.29, 0.717) is 28.4 Å². The maximum Gasteiger partial charge on any atom is 0.341 e. The number of rotatable bonds is 7. The average molecular weight is 537 g/mol. The van der Waals surface area contributed by atoms with Crippen molar-refractivity contribution in [1.82, 2.24) is 10.3 Å². The van der Waals surface area contributed by atoms with Gasteiger partial charge >= 0.3 is 5.97 Å². The first-order valence-corrected chi connectivity index (χ1v) is 11.8. The normalized spacial score (nSPS) is 11.9. The summed E-state index contributed by atoms with van der Waals surface area (Å²) in [4.78, 5) is 39.4. The van der Waals surface area contributed by atoms with E-state index < -0.39 is 17.2 Å². The summed E-state index contributed by atoms with van der Waals surface area (Å²) >= 11 is 3.45. The lowest BCUT2D eigenvalue weighted by Gasteiger charge is -2.15. The van der Waals surface area contributed by atoms with Crippen LogP contribution in [0, 0.1) is 5.82 Å². The number of carbonyl (C=O) groups excluding carboxylic acids is 1. The van der Waals surface area contributed by atoms with Crippen LogP contribution in [-0.4, -0.2) is 28.0 Å². The van der Waals surface area contributed by atoms with Crippen LogP contribution in [-0.2, 0) is 6.42 Å². The molecule has 1 aromatic heterocycles. The fraction of sp³-hybridized carbons (Fsp3) is 0.148. The van der Waals surface area contributed by atoms with E-state index in [9.17, 15) is 23.9 Å². The smallest absolute Gasteiger partial charge is 0.341 e. The van der Waals surface area contributed by atoms with E-state index >= 15 is 0 Å². The second-order valence-electron chi connectivity index (χ2n) is 8.27. The fourth-order valence-corrected chi connectivity index (χ4v) is 4.65. The number of benzene rings is 3. The monoisotopic (exact) mass is 536 g/mol. The van der Waals surface area contributed by atoms with Crippen molar-refractivity contribution in [1.29, 1.82) is 0 Å². The zero-order valence-corrected chi connectivity index (χ0v) is 20.4. The van der Waals surface area contributed by atoms with Crippen molar-refractivity contribution < 1.29 is 19.1 Å². The lowest BCUT2D eigenvalue weighted by atomic mass is 10.0. The quantitative estimate of drug-likeness (QED) is 0.288. The highest BCUT2D eigenvalue weighted by Crippen LogP contribution is 2.27. The molecule has 1 heterocycles. The number of hydrogen-bond acceptors (Lipinski definition) is 3. The van der Waals surface area contributed by atoms with Gasteiger partial charge in [-0.3, -0.25) is 9.59 Å². The maximum atomic E-state index is 14.6. The number of pyridine rings is 1. The van der Waals surface area contributed by atoms with Crippen molar-refractivity contribution in [3.63, 3.8) is 0 Å². The molecule has 0 bridgehead atoms. The van der Waals surface area contributed by atoms with Crippen molar-refractivity contribution in [2.45, 2.75) is 25.8 Å². The number of aromatic carboxylic acids is 1. The molecule has 1 atom stereocenters. The Hall–Kier alpha value is -3.78. The number of aryl methyl sites for hydroxylation is 1. The van der Waals surface area contributed by atoms with E-state index in [0.717, 1.165) is 11.1 Å². The number of hydrogen-bond donors (Lipinski definition) is 3. The molecule has 0 saturated carbocycles. The Morgan fingerprint density at radius 3 is 2.54 bits per heavy atom. The van der Waals surface area contributed by atoms with Gasteiger partial charge in [-0.1, -0.05) is 42.5 Å². The van der Waals surface area contributed by atoms with Crippen LogP contribution in [0.15, 0.2) is 76.1 Å². The predicted molar refractivity (Wildman–Crippen MR) is 136 cm³/mol. The molecule has 0 aliphatic rings. The van der Waals surface area contributed by atoms with Gasteiger partial charge in [0.15, 0.2) is 0 Å². The number of aromatic nitrogens is 1. The van der Waals surface area contributed by atoms with Crippen LogP contribution in [0.2, 0.25) is 0 Å². The molecule has 0 aliphatic carbocycles. The van der Waals surface area contributed by atoms with E-state index in [1.54, 1.807) is 18.2 Å². The van der Waals surface area contributed by atoms with Crippen LogP contribution in [0.3, 0.4) is 0 Å². The lowest BCUT2D eigenvalue weighted by Crippen LogP contribution is -2.33. The number of amides is 1. The topological polar surface area (TPSA) is 99.3 Å². The van der Waals surface area contributed by atoms with Crippen molar-refractivity contribution in [3.05, 3.63) is 104 Å². The summed E-state index contributed by atoms with van der Waals surface area (Å²) in [6.07, 6.45) is 2.26. The molecule has 178 valence electrons. The number of carbonyl (C=O) groups is 2. The standard InChI is InChI=1S/C27H22BrFN2O4/c1-15(31-26(33)18-9-11-19(21(29)13-18)16-5-3-2-4-6-16)7-8-17-10-12-22-23(24(17)28)25(32)20(14-30-22)27(34)35/h2-6,9-15H,7-8H2,1H3,(H,30,32)(H,31,33)(H,34,35)/t15-/m0/s1. The summed E-state index contributed by atoms with van der Waals surface area (Å²) in [7, 11) is 0. The van der Waals surface area contributed by atoms with Gasteiger partial charge in [0.05, 0.1) is 10.9 Å². The number of fused-ring (bicyclic) bond motifs is 1. The summed E-state index contributed by atoms with van der Waals surface area (Å²) in [5, 5.41) is 12.4. The Morgan fingerprint density at radius 1 is 1.11 bits per heavy atom. The summed E-state index contributed by atoms with van der Waals surface area (Å²) in [5.74, 6) is -2.14. The van der Waals surface area contributed by atoms with Crippen LogP contribution in [0.25, 0.3) is 22.0 Å². The molecule has 1 amide bonds. The summed E-state index contributed by atoms with van der Waals surface area (Å²) < 4.78 is 15.2. The van der Waals surface area contributed by atoms with Gasteiger partial charge < -0.3 is 15.4 Å². The van der Waals surface area contributed by atoms with Crippen molar-refractivity contribution in [2.24, 2.45) is 0 Å². The Morgan fingerprint density at radius 2 is 1.86 bits per heavy atom. The number of carboxylic acid groups (broad SMARTS) is 1. The Bertz CT molecular complexity index is 1480. The molecule has 0 radical (unpaired) electrons. The molecule has 35 heavy (non-hydrogen) atoms. The van der Waals surface area contributed by atoms with Gasteiger partial charge in [0.1, 0.15) is 11.4 Å². The summed E-state index contributed by atoms with van der Waals surface area (Å²) in [6, 6.07) is 16.9. The molecular formula is C27H22BrFN2O4. The molecule has 8 heteroatoms. The summed E-state index contributed by atoms with van der Waals surface area (Å²) in [5.41, 5.74) is 1.83. The number of aromatic amines is 1. The van der Waals surface area contributed by atoms with Crippen LogP contribution in [0.4, 0.5) is 4.39 Å². The van der Waals surface area contributed by atoms with Crippen LogP contribution >= 0.6 is 15.9 Å². The van der Waals surface area contributed by atoms with Gasteiger partial charge in [-0.05, 0) is 65.0 Å². The third-order valence-electron chi connectivity index (χ3n) is 5.84. The molecule has 0 aliphatic heterocycles. The number of carboxylic acids is 1. The third kappa shape index (κ3) is 5.17. The van der Waals surface area contributed by atoms with Crippen LogP contribution in [0.5, 0.6) is 0 Å². The number of nitrogens with one attached hydrogen (secondary N) is 2. The maximum absolute atomic E-state index is 14.6. The Kier molecular flexibility index (Phi) is 7.12. The van der Waals surface area contributed by atoms with Gasteiger partial charge in [-0.15, -0.1) is 0 Å². The predicted octanol–water partition coefficient (Wildman–Crippen LogP) is 5.55. The molecule has 0 fully saturated rings. The van der Waals surface area contributed by atoms with Gasteiger partial charge in [0, 0.05) is 27.8 Å². The molecular weight excluding hydrogens is 515 g/mol. The number of halogens is 2. The minimum Gasteiger partial charge on any atom is -0.477 e. The Balaban J connectivity index is 1.45. The van der Waals surface area contributed by atoms with Crippen molar-refractivity contribution in [2.75, 3.05) is 0 Å². The first-order valence-electron chi connectivity index (χ1n) is 11.0. The summed E-state index contributed by atoms with van der Waals surface area (Å²) in [6.45, 7) is 1.84. The molecule has 4 aromatic rings. The Labute approximate surface area is 208 Å². The number of H-pyrrole nitrogens is 1. The molecule has 0 saturated heterocycles. The van der Waals surface area contributed by atoms with E-state index in [4.69, 9.17) is 0 Å². The lowest BCUT2D eigenvalue weighted by molar-refractivity contribution is 0.0695. The van der Waals surface area contributed by atoms with E-state index in [2.05, 4.69) is 26.2 Å². The largest absolute Gasteiger partial charge is 0.477 e. The zero-order valence-electron chi connectivity index (χ0n) is 18.8. The fourth-order valence-electron chi connectivity index (χ4n) is 3.92. The van der Waals surface area contributed by atoms with Gasteiger partial charge in [-0.2, -0.15) is 0 Å². The first-order chi connectivity index (χ1) is 16.8. The van der Waals surface area contributed by atoms with Crippen molar-refractivity contribution in [3.8, 4) is 11.1 Å². The molecule has 3 N–H and O–H groups in total. The van der Waals surface area contributed by atoms with Crippen LogP contribution in [0.1, 0.15) is 39.6 Å². The molecule has 3 aromatic carbocycles. The highest BCUT2D eigenvalue weighted by molar-refractivity contribution is 9.10. The third-order valence-corrected chi connectivity index (χ3v) is 6.74. The van der Waals surface area contributed by atoms with Crippen LogP contribution < -0.4 is 10.7 Å². The van der Waals surface area contributed by atoms with Gasteiger partial charge in [0.25, 0.3) is 5.91 Å². The van der Waals surface area contributed by atoms with Gasteiger partial charge in [0.2, 0.25) is 5.43 Å². The molecule has 0 spiro atoms. The highest BCUT2D eigenvalue weighted by atomic mass is 79.9. The first kappa shape index (κ1) is 24.3. The van der Waals surface area contributed by atoms with Crippen molar-refractivity contribution >= 4 is 38.7 Å². The molecule has 6 nitrogen and oxygen atoms in total. The van der Waals surface area contributed by atoms with E-state index in [-0.39, 0.29) is 28.5 Å². The highest BCUT2D eigenvalue weighted by Gasteiger charge is 2.17. The second kappa shape index (κ2) is 10.2. The van der Waals surface area contributed by atoms with Gasteiger partial charge in [-0.25, -0.2) is 9.18 Å². The minimum atomic E-state index is -1.30. The minimum absolute atomic E-state index is 0.230. The second-order valence-corrected chi connectivity index (χ2v) is 9.06. The van der Waals surface area contributed by atoms with E-state index in [1.807, 2.05) is 43.3 Å². The SMILES string of the molecule is C[C@@H](CCc1ccc2[nH]cc(C(=O)O)c(=O)c2c1Br)NC(=O)c1ccc(-c2ccccc2)c(F)c1. The molecule has 4 rings (SSSR count). The van der Waals surface area contributed by atoms with E-state index in [1.165, 1.54) is 12.3 Å². The average Bonchev–Trinajstić information content (AvgIpc) is 2.84. The zero-order chi connectivity index (χ0) is 25.1.